The molecule has 0 aliphatic heterocycles. The summed E-state index contributed by atoms with van der Waals surface area (Å²) in [5.74, 6) is 0. The smallest absolute Gasteiger partial charge is 0.0708 e. The molecule has 2 heterocycles. The summed E-state index contributed by atoms with van der Waals surface area (Å²) in [7, 11) is 0. The monoisotopic (exact) mass is 432 g/mol. The summed E-state index contributed by atoms with van der Waals surface area (Å²) in [6, 6.07) is 38.9. The highest BCUT2D eigenvalue weighted by Gasteiger charge is 2.08. The molecule has 0 unspecified atom stereocenters. The number of fused-ring (bicyclic) bond motifs is 6. The Morgan fingerprint density at radius 2 is 1.09 bits per heavy atom. The molecule has 0 amide bonds. The molecule has 0 spiro atoms. The van der Waals surface area contributed by atoms with Gasteiger partial charge in [-0.3, -0.25) is 9.97 Å². The van der Waals surface area contributed by atoms with Crippen molar-refractivity contribution in [2.24, 2.45) is 0 Å². The van der Waals surface area contributed by atoms with Crippen LogP contribution in [0.1, 0.15) is 0 Å². The van der Waals surface area contributed by atoms with Gasteiger partial charge >= 0.3 is 0 Å². The summed E-state index contributed by atoms with van der Waals surface area (Å²) >= 11 is 0. The number of pyridine rings is 2. The second-order valence-corrected chi connectivity index (χ2v) is 8.72. The van der Waals surface area contributed by atoms with E-state index in [4.69, 9.17) is 4.98 Å². The van der Waals surface area contributed by atoms with Crippen molar-refractivity contribution in [2.75, 3.05) is 0 Å². The third-order valence-electron chi connectivity index (χ3n) is 6.74. The van der Waals surface area contributed by atoms with Gasteiger partial charge in [-0.25, -0.2) is 0 Å². The van der Waals surface area contributed by atoms with Crippen molar-refractivity contribution in [2.45, 2.75) is 0 Å². The Morgan fingerprint density at radius 1 is 0.382 bits per heavy atom. The Bertz CT molecular complexity index is 1870. The van der Waals surface area contributed by atoms with Gasteiger partial charge in [-0.05, 0) is 73.8 Å². The molecule has 7 rings (SSSR count). The van der Waals surface area contributed by atoms with E-state index >= 15 is 0 Å². The zero-order valence-electron chi connectivity index (χ0n) is 18.4. The van der Waals surface area contributed by atoms with Crippen molar-refractivity contribution in [3.05, 3.63) is 122 Å². The number of rotatable bonds is 2. The topological polar surface area (TPSA) is 25.8 Å². The third-order valence-corrected chi connectivity index (χ3v) is 6.74. The van der Waals surface area contributed by atoms with Gasteiger partial charge in [-0.2, -0.15) is 0 Å². The number of hydrogen-bond donors (Lipinski definition) is 0. The molecule has 5 aromatic carbocycles. The first-order valence-electron chi connectivity index (χ1n) is 11.5. The first kappa shape index (κ1) is 19.0. The molecule has 0 N–H and O–H groups in total. The second-order valence-electron chi connectivity index (χ2n) is 8.72. The lowest BCUT2D eigenvalue weighted by Gasteiger charge is -2.10. The van der Waals surface area contributed by atoms with Crippen LogP contribution in [0.25, 0.3) is 65.6 Å². The van der Waals surface area contributed by atoms with Crippen LogP contribution in [0.3, 0.4) is 0 Å². The van der Waals surface area contributed by atoms with E-state index in [-0.39, 0.29) is 0 Å². The number of nitrogens with zero attached hydrogens (tertiary/aromatic N) is 2. The zero-order valence-corrected chi connectivity index (χ0v) is 18.4. The molecule has 2 aromatic heterocycles. The van der Waals surface area contributed by atoms with Gasteiger partial charge in [0.25, 0.3) is 0 Å². The Hall–Kier alpha value is -4.56. The van der Waals surface area contributed by atoms with Crippen LogP contribution in [-0.4, -0.2) is 9.97 Å². The molecule has 7 aromatic rings. The maximum Gasteiger partial charge on any atom is 0.0708 e. The lowest BCUT2D eigenvalue weighted by Crippen LogP contribution is -1.87. The van der Waals surface area contributed by atoms with Crippen molar-refractivity contribution in [3.63, 3.8) is 0 Å². The molecule has 0 fully saturated rings. The van der Waals surface area contributed by atoms with E-state index in [0.29, 0.717) is 0 Å². The van der Waals surface area contributed by atoms with Crippen LogP contribution in [0.5, 0.6) is 0 Å². The van der Waals surface area contributed by atoms with Crippen molar-refractivity contribution >= 4 is 43.2 Å². The lowest BCUT2D eigenvalue weighted by atomic mass is 9.95. The third kappa shape index (κ3) is 3.04. The minimum Gasteiger partial charge on any atom is -0.256 e. The van der Waals surface area contributed by atoms with Crippen LogP contribution in [0.2, 0.25) is 0 Å². The number of aromatic nitrogens is 2. The Labute approximate surface area is 197 Å². The highest BCUT2D eigenvalue weighted by atomic mass is 14.7. The van der Waals surface area contributed by atoms with Gasteiger partial charge < -0.3 is 0 Å². The summed E-state index contributed by atoms with van der Waals surface area (Å²) in [6.45, 7) is 0. The summed E-state index contributed by atoms with van der Waals surface area (Å²) in [5, 5.41) is 8.79. The largest absolute Gasteiger partial charge is 0.256 e. The van der Waals surface area contributed by atoms with Crippen molar-refractivity contribution in [1.82, 2.24) is 9.97 Å². The Morgan fingerprint density at radius 3 is 2.03 bits per heavy atom. The molecular weight excluding hydrogens is 412 g/mol. The zero-order chi connectivity index (χ0) is 22.5. The molecule has 0 atom stereocenters. The quantitative estimate of drug-likeness (QED) is 0.256. The normalized spacial score (nSPS) is 11.5. The number of benzene rings is 5. The summed E-state index contributed by atoms with van der Waals surface area (Å²) in [6.07, 6.45) is 3.73. The number of hydrogen-bond acceptors (Lipinski definition) is 2. The minimum absolute atomic E-state index is 0.971. The molecule has 2 nitrogen and oxygen atoms in total. The molecule has 0 saturated carbocycles. The molecule has 0 radical (unpaired) electrons. The molecule has 2 heteroatoms. The van der Waals surface area contributed by atoms with Gasteiger partial charge in [0.05, 0.1) is 11.2 Å². The van der Waals surface area contributed by atoms with Gasteiger partial charge in [0.1, 0.15) is 0 Å². The van der Waals surface area contributed by atoms with Gasteiger partial charge in [0.2, 0.25) is 0 Å². The standard InChI is InChI=1S/C32H20N2/c1-2-6-27-21(4-1)9-13-30-28-12-11-26(18-25(28)10-14-29(27)30)32-20-24(15-17-34-32)23-8-7-22-5-3-16-33-31(22)19-23/h1-20H. The van der Waals surface area contributed by atoms with Crippen LogP contribution < -0.4 is 0 Å². The Balaban J connectivity index is 1.34. The summed E-state index contributed by atoms with van der Waals surface area (Å²) in [4.78, 5) is 9.20. The fraction of sp³-hybridized carbons (Fsp3) is 0. The average Bonchev–Trinajstić information content (AvgIpc) is 2.92. The molecule has 0 aliphatic rings. The van der Waals surface area contributed by atoms with E-state index in [0.717, 1.165) is 33.3 Å². The molecule has 0 aliphatic carbocycles. The van der Waals surface area contributed by atoms with Crippen LogP contribution in [0, 0.1) is 0 Å². The fourth-order valence-electron chi connectivity index (χ4n) is 5.00. The minimum atomic E-state index is 0.971. The highest BCUT2D eigenvalue weighted by molar-refractivity contribution is 6.17. The maximum absolute atomic E-state index is 4.69. The SMILES string of the molecule is c1cnc2cc(-c3ccnc(-c4ccc5c(ccc6c7ccccc7ccc56)c4)c3)ccc2c1. The predicted molar refractivity (Wildman–Crippen MR) is 143 cm³/mol. The lowest BCUT2D eigenvalue weighted by molar-refractivity contribution is 1.33. The van der Waals surface area contributed by atoms with Crippen LogP contribution in [0.15, 0.2) is 122 Å². The van der Waals surface area contributed by atoms with E-state index < -0.39 is 0 Å². The van der Waals surface area contributed by atoms with Gasteiger partial charge in [0, 0.05) is 23.3 Å². The summed E-state index contributed by atoms with van der Waals surface area (Å²) in [5.41, 5.74) is 5.38. The summed E-state index contributed by atoms with van der Waals surface area (Å²) < 4.78 is 0. The highest BCUT2D eigenvalue weighted by Crippen LogP contribution is 2.34. The molecule has 158 valence electrons. The van der Waals surface area contributed by atoms with E-state index in [1.165, 1.54) is 32.3 Å². The van der Waals surface area contributed by atoms with Gasteiger partial charge in [-0.15, -0.1) is 0 Å². The molecule has 0 saturated heterocycles. The maximum atomic E-state index is 4.69. The molecule has 34 heavy (non-hydrogen) atoms. The van der Waals surface area contributed by atoms with E-state index in [2.05, 4.69) is 108 Å². The van der Waals surface area contributed by atoms with E-state index in [9.17, 15) is 0 Å². The van der Waals surface area contributed by atoms with Crippen LogP contribution >= 0.6 is 0 Å². The van der Waals surface area contributed by atoms with Crippen LogP contribution in [0.4, 0.5) is 0 Å². The van der Waals surface area contributed by atoms with Crippen molar-refractivity contribution in [3.8, 4) is 22.4 Å². The first-order chi connectivity index (χ1) is 16.8. The second kappa shape index (κ2) is 7.50. The predicted octanol–water partition coefficient (Wildman–Crippen LogP) is 8.42. The van der Waals surface area contributed by atoms with Gasteiger partial charge in [0.15, 0.2) is 0 Å². The molecule has 0 bridgehead atoms. The molecular formula is C32H20N2. The van der Waals surface area contributed by atoms with Crippen LogP contribution in [-0.2, 0) is 0 Å². The van der Waals surface area contributed by atoms with Crippen molar-refractivity contribution in [1.29, 1.82) is 0 Å². The first-order valence-corrected chi connectivity index (χ1v) is 11.5. The fourth-order valence-corrected chi connectivity index (χ4v) is 5.00. The average molecular weight is 433 g/mol. The van der Waals surface area contributed by atoms with E-state index in [1.807, 2.05) is 18.5 Å². The van der Waals surface area contributed by atoms with Gasteiger partial charge in [-0.1, -0.05) is 78.9 Å². The van der Waals surface area contributed by atoms with E-state index in [1.54, 1.807) is 0 Å². The van der Waals surface area contributed by atoms with Crippen molar-refractivity contribution < 1.29 is 0 Å². The Kier molecular flexibility index (Phi) is 4.18.